The fraction of sp³-hybridized carbons (Fsp3) is 0.412. The van der Waals surface area contributed by atoms with Gasteiger partial charge in [-0.15, -0.1) is 0 Å². The van der Waals surface area contributed by atoms with E-state index in [1.54, 1.807) is 6.20 Å². The standard InChI is InChI=1S/C17H20N6O2/c1-12-5-2-3-6-13(12)16-19-15(25-21-16)10-23-8-4-7-17(24,11-23)14-9-18-22-20-14/h2-3,5-6,9,24H,4,7-8,10-11H2,1H3,(H,18,20,22). The molecule has 1 unspecified atom stereocenters. The van der Waals surface area contributed by atoms with Gasteiger partial charge in [0.2, 0.25) is 11.7 Å². The van der Waals surface area contributed by atoms with Crippen LogP contribution in [-0.2, 0) is 12.1 Å². The highest BCUT2D eigenvalue weighted by atomic mass is 16.5. The van der Waals surface area contributed by atoms with Crippen molar-refractivity contribution in [3.8, 4) is 11.4 Å². The van der Waals surface area contributed by atoms with Gasteiger partial charge in [0.1, 0.15) is 11.3 Å². The summed E-state index contributed by atoms with van der Waals surface area (Å²) in [5.41, 5.74) is 1.65. The molecule has 3 heterocycles. The first-order chi connectivity index (χ1) is 12.1. The number of β-amino-alcohol motifs (C(OH)–C–C–N with tert-alkyl or cyclic N) is 1. The summed E-state index contributed by atoms with van der Waals surface area (Å²) in [6.45, 7) is 3.84. The summed E-state index contributed by atoms with van der Waals surface area (Å²) < 4.78 is 5.42. The fourth-order valence-corrected chi connectivity index (χ4v) is 3.34. The first-order valence-corrected chi connectivity index (χ1v) is 8.34. The minimum absolute atomic E-state index is 0.460. The minimum Gasteiger partial charge on any atom is -0.382 e. The van der Waals surface area contributed by atoms with Crippen LogP contribution in [0.4, 0.5) is 0 Å². The first-order valence-electron chi connectivity index (χ1n) is 8.34. The maximum atomic E-state index is 10.9. The van der Waals surface area contributed by atoms with Crippen molar-refractivity contribution in [3.63, 3.8) is 0 Å². The number of likely N-dealkylation sites (tertiary alicyclic amines) is 1. The SMILES string of the molecule is Cc1ccccc1-c1noc(CN2CCCC(O)(c3cn[nH]n3)C2)n1. The molecule has 0 radical (unpaired) electrons. The highest BCUT2D eigenvalue weighted by molar-refractivity contribution is 5.58. The van der Waals surface area contributed by atoms with Gasteiger partial charge in [0.15, 0.2) is 0 Å². The topological polar surface area (TPSA) is 104 Å². The number of hydrogen-bond donors (Lipinski definition) is 2. The maximum absolute atomic E-state index is 10.9. The molecule has 130 valence electrons. The van der Waals surface area contributed by atoms with E-state index in [1.807, 2.05) is 31.2 Å². The quantitative estimate of drug-likeness (QED) is 0.744. The number of H-pyrrole nitrogens is 1. The number of aromatic nitrogens is 5. The fourth-order valence-electron chi connectivity index (χ4n) is 3.34. The number of nitrogens with one attached hydrogen (secondary N) is 1. The van der Waals surface area contributed by atoms with E-state index in [9.17, 15) is 5.11 Å². The summed E-state index contributed by atoms with van der Waals surface area (Å²) in [4.78, 5) is 6.62. The third-order valence-electron chi connectivity index (χ3n) is 4.65. The molecule has 0 spiro atoms. The molecule has 2 aromatic heterocycles. The molecule has 0 aliphatic carbocycles. The van der Waals surface area contributed by atoms with Crippen molar-refractivity contribution in [2.45, 2.75) is 31.9 Å². The number of nitrogens with zero attached hydrogens (tertiary/aromatic N) is 5. The summed E-state index contributed by atoms with van der Waals surface area (Å²) in [5, 5.41) is 25.4. The molecule has 8 nitrogen and oxygen atoms in total. The third kappa shape index (κ3) is 3.18. The number of piperidine rings is 1. The van der Waals surface area contributed by atoms with Crippen molar-refractivity contribution in [2.75, 3.05) is 13.1 Å². The minimum atomic E-state index is -0.996. The van der Waals surface area contributed by atoms with Crippen molar-refractivity contribution in [1.82, 2.24) is 30.5 Å². The van der Waals surface area contributed by atoms with Gasteiger partial charge in [-0.2, -0.15) is 20.4 Å². The molecule has 3 aromatic rings. The molecular formula is C17H20N6O2. The molecule has 8 heteroatoms. The second kappa shape index (κ2) is 6.38. The van der Waals surface area contributed by atoms with Crippen LogP contribution in [0.1, 0.15) is 30.0 Å². The average molecular weight is 340 g/mol. The van der Waals surface area contributed by atoms with Crippen molar-refractivity contribution in [3.05, 3.63) is 47.6 Å². The van der Waals surface area contributed by atoms with E-state index >= 15 is 0 Å². The van der Waals surface area contributed by atoms with Gasteiger partial charge < -0.3 is 9.63 Å². The van der Waals surface area contributed by atoms with Crippen LogP contribution < -0.4 is 0 Å². The summed E-state index contributed by atoms with van der Waals surface area (Å²) >= 11 is 0. The van der Waals surface area contributed by atoms with Crippen LogP contribution in [0.15, 0.2) is 35.0 Å². The van der Waals surface area contributed by atoms with Crippen molar-refractivity contribution >= 4 is 0 Å². The zero-order chi connectivity index (χ0) is 17.3. The highest BCUT2D eigenvalue weighted by Gasteiger charge is 2.37. The van der Waals surface area contributed by atoms with Crippen LogP contribution in [0.3, 0.4) is 0 Å². The molecule has 25 heavy (non-hydrogen) atoms. The highest BCUT2D eigenvalue weighted by Crippen LogP contribution is 2.30. The number of benzene rings is 1. The number of rotatable bonds is 4. The number of hydrogen-bond acceptors (Lipinski definition) is 7. The first kappa shape index (κ1) is 15.9. The van der Waals surface area contributed by atoms with Gasteiger partial charge in [0.25, 0.3) is 0 Å². The van der Waals surface area contributed by atoms with Crippen LogP contribution in [-0.4, -0.2) is 48.6 Å². The monoisotopic (exact) mass is 340 g/mol. The molecule has 1 aromatic carbocycles. The Balaban J connectivity index is 1.49. The van der Waals surface area contributed by atoms with E-state index in [2.05, 4.69) is 30.5 Å². The molecule has 0 amide bonds. The molecule has 4 rings (SSSR count). The number of aliphatic hydroxyl groups is 1. The van der Waals surface area contributed by atoms with Gasteiger partial charge in [0, 0.05) is 12.1 Å². The van der Waals surface area contributed by atoms with Crippen LogP contribution in [0, 0.1) is 6.92 Å². The molecule has 1 atom stereocenters. The summed E-state index contributed by atoms with van der Waals surface area (Å²) in [6.07, 6.45) is 3.10. The Kier molecular flexibility index (Phi) is 4.06. The lowest BCUT2D eigenvalue weighted by Crippen LogP contribution is -2.46. The van der Waals surface area contributed by atoms with Gasteiger partial charge in [-0.3, -0.25) is 4.90 Å². The summed E-state index contributed by atoms with van der Waals surface area (Å²) in [6, 6.07) is 7.95. The zero-order valence-corrected chi connectivity index (χ0v) is 14.0. The predicted molar refractivity (Wildman–Crippen MR) is 89.3 cm³/mol. The lowest BCUT2D eigenvalue weighted by molar-refractivity contribution is -0.0436. The Labute approximate surface area is 144 Å². The average Bonchev–Trinajstić information content (AvgIpc) is 3.27. The summed E-state index contributed by atoms with van der Waals surface area (Å²) in [5.74, 6) is 1.14. The molecule has 0 bridgehead atoms. The van der Waals surface area contributed by atoms with E-state index in [0.717, 1.165) is 24.1 Å². The van der Waals surface area contributed by atoms with E-state index in [-0.39, 0.29) is 0 Å². The Morgan fingerprint density at radius 1 is 1.36 bits per heavy atom. The van der Waals surface area contributed by atoms with Crippen molar-refractivity contribution in [1.29, 1.82) is 0 Å². The second-order valence-corrected chi connectivity index (χ2v) is 6.53. The normalized spacial score (nSPS) is 21.5. The smallest absolute Gasteiger partial charge is 0.241 e. The van der Waals surface area contributed by atoms with E-state index < -0.39 is 5.60 Å². The Bertz CT molecular complexity index is 846. The van der Waals surface area contributed by atoms with E-state index in [4.69, 9.17) is 4.52 Å². The van der Waals surface area contributed by atoms with Gasteiger partial charge in [-0.1, -0.05) is 29.4 Å². The van der Waals surface area contributed by atoms with Crippen LogP contribution in [0.25, 0.3) is 11.4 Å². The lowest BCUT2D eigenvalue weighted by Gasteiger charge is -2.37. The third-order valence-corrected chi connectivity index (χ3v) is 4.65. The van der Waals surface area contributed by atoms with Crippen molar-refractivity contribution in [2.24, 2.45) is 0 Å². The zero-order valence-electron chi connectivity index (χ0n) is 14.0. The molecule has 1 saturated heterocycles. The van der Waals surface area contributed by atoms with Gasteiger partial charge in [0.05, 0.1) is 12.7 Å². The van der Waals surface area contributed by atoms with Crippen LogP contribution in [0.5, 0.6) is 0 Å². The van der Waals surface area contributed by atoms with Crippen LogP contribution in [0.2, 0.25) is 0 Å². The molecule has 1 aliphatic heterocycles. The lowest BCUT2D eigenvalue weighted by atomic mass is 9.90. The van der Waals surface area contributed by atoms with E-state index in [0.29, 0.717) is 36.9 Å². The van der Waals surface area contributed by atoms with Crippen molar-refractivity contribution < 1.29 is 9.63 Å². The van der Waals surface area contributed by atoms with Gasteiger partial charge in [-0.25, -0.2) is 0 Å². The predicted octanol–water partition coefficient (Wildman–Crippen LogP) is 1.65. The van der Waals surface area contributed by atoms with Gasteiger partial charge >= 0.3 is 0 Å². The van der Waals surface area contributed by atoms with Crippen LogP contribution >= 0.6 is 0 Å². The Morgan fingerprint density at radius 2 is 2.24 bits per heavy atom. The molecule has 2 N–H and O–H groups in total. The second-order valence-electron chi connectivity index (χ2n) is 6.53. The Hall–Kier alpha value is -2.58. The van der Waals surface area contributed by atoms with E-state index in [1.165, 1.54) is 0 Å². The maximum Gasteiger partial charge on any atom is 0.241 e. The number of aromatic amines is 1. The molecular weight excluding hydrogens is 320 g/mol. The van der Waals surface area contributed by atoms with Gasteiger partial charge in [-0.05, 0) is 31.9 Å². The summed E-state index contributed by atoms with van der Waals surface area (Å²) in [7, 11) is 0. The largest absolute Gasteiger partial charge is 0.382 e. The Morgan fingerprint density at radius 3 is 3.04 bits per heavy atom. The molecule has 1 fully saturated rings. The number of aryl methyl sites for hydroxylation is 1. The molecule has 1 aliphatic rings. The molecule has 0 saturated carbocycles.